The summed E-state index contributed by atoms with van der Waals surface area (Å²) in [4.78, 5) is 50.7. The van der Waals surface area contributed by atoms with Gasteiger partial charge in [-0.3, -0.25) is 14.4 Å². The van der Waals surface area contributed by atoms with Gasteiger partial charge in [-0.15, -0.1) is 0 Å². The molecule has 0 heterocycles. The molecule has 3 aromatic carbocycles. The molecule has 0 saturated carbocycles. The van der Waals surface area contributed by atoms with Crippen molar-refractivity contribution in [1.29, 1.82) is 0 Å². The summed E-state index contributed by atoms with van der Waals surface area (Å²) in [5.41, 5.74) is 2.17. The summed E-state index contributed by atoms with van der Waals surface area (Å²) in [6.07, 6.45) is 0. The maximum atomic E-state index is 13.0. The highest BCUT2D eigenvalue weighted by atomic mass is 16.5. The smallest absolute Gasteiger partial charge is 0.342 e. The second-order valence-electron chi connectivity index (χ2n) is 7.26. The van der Waals surface area contributed by atoms with Crippen LogP contribution >= 0.6 is 0 Å². The molecule has 3 aromatic rings. The maximum absolute atomic E-state index is 13.0. The fourth-order valence-electron chi connectivity index (χ4n) is 3.63. The van der Waals surface area contributed by atoms with Crippen molar-refractivity contribution in [2.45, 2.75) is 6.92 Å². The highest BCUT2D eigenvalue weighted by Crippen LogP contribution is 2.32. The zero-order valence-corrected chi connectivity index (χ0v) is 17.4. The van der Waals surface area contributed by atoms with Crippen LogP contribution in [-0.4, -0.2) is 37.2 Å². The average molecular weight is 429 g/mol. The maximum Gasteiger partial charge on any atom is 0.342 e. The Morgan fingerprint density at radius 2 is 1.56 bits per heavy atom. The van der Waals surface area contributed by atoms with Gasteiger partial charge in [0.1, 0.15) is 11.3 Å². The van der Waals surface area contributed by atoms with Gasteiger partial charge in [0.15, 0.2) is 18.2 Å². The third-order valence-electron chi connectivity index (χ3n) is 5.14. The number of hydrogen-bond donors (Lipinski definition) is 1. The molecule has 0 atom stereocenters. The van der Waals surface area contributed by atoms with Gasteiger partial charge in [0.05, 0.1) is 18.4 Å². The highest BCUT2D eigenvalue weighted by Gasteiger charge is 2.31. The minimum Gasteiger partial charge on any atom is -0.496 e. The predicted octanol–water partition coefficient (Wildman–Crippen LogP) is 3.57. The van der Waals surface area contributed by atoms with Gasteiger partial charge >= 0.3 is 5.97 Å². The summed E-state index contributed by atoms with van der Waals surface area (Å²) in [5.74, 6) is -1.66. The lowest BCUT2D eigenvalue weighted by molar-refractivity contribution is -0.119. The monoisotopic (exact) mass is 429 g/mol. The number of carbonyl (C=O) groups excluding carboxylic acids is 4. The fourth-order valence-corrected chi connectivity index (χ4v) is 3.63. The van der Waals surface area contributed by atoms with Gasteiger partial charge in [0.2, 0.25) is 0 Å². The van der Waals surface area contributed by atoms with Crippen LogP contribution in [-0.2, 0) is 9.53 Å². The number of carbonyl (C=O) groups is 4. The highest BCUT2D eigenvalue weighted by molar-refractivity contribution is 6.30. The predicted molar refractivity (Wildman–Crippen MR) is 116 cm³/mol. The summed E-state index contributed by atoms with van der Waals surface area (Å²) < 4.78 is 10.3. The van der Waals surface area contributed by atoms with E-state index in [1.807, 2.05) is 6.92 Å². The number of methoxy groups -OCH3 is 1. The van der Waals surface area contributed by atoms with Crippen LogP contribution in [0.5, 0.6) is 5.75 Å². The zero-order valence-electron chi connectivity index (χ0n) is 17.4. The van der Waals surface area contributed by atoms with Gasteiger partial charge in [-0.1, -0.05) is 48.0 Å². The number of rotatable bonds is 5. The molecule has 160 valence electrons. The van der Waals surface area contributed by atoms with E-state index in [0.29, 0.717) is 11.3 Å². The molecular formula is C25H19NO6. The fraction of sp³-hybridized carbons (Fsp3) is 0.120. The molecule has 0 aliphatic heterocycles. The van der Waals surface area contributed by atoms with Crippen molar-refractivity contribution in [3.63, 3.8) is 0 Å². The molecule has 1 amide bonds. The standard InChI is InChI=1S/C25H19NO6/c1-14-10-11-20(31-2)18(12-14)25(30)32-13-21(27)26-19-9-5-8-17-22(19)24(29)16-7-4-3-6-15(16)23(17)28/h3-12H,13H2,1-2H3,(H,26,27). The van der Waals surface area contributed by atoms with Crippen LogP contribution in [0.3, 0.4) is 0 Å². The number of aryl methyl sites for hydroxylation is 1. The van der Waals surface area contributed by atoms with Crippen molar-refractivity contribution < 1.29 is 28.7 Å². The van der Waals surface area contributed by atoms with Gasteiger partial charge in [-0.25, -0.2) is 4.79 Å². The first-order chi connectivity index (χ1) is 15.4. The zero-order chi connectivity index (χ0) is 22.8. The van der Waals surface area contributed by atoms with Crippen LogP contribution < -0.4 is 10.1 Å². The summed E-state index contributed by atoms with van der Waals surface area (Å²) in [7, 11) is 1.43. The Balaban J connectivity index is 1.52. The summed E-state index contributed by atoms with van der Waals surface area (Å²) in [6.45, 7) is 1.25. The summed E-state index contributed by atoms with van der Waals surface area (Å²) in [5, 5.41) is 2.58. The Bertz CT molecular complexity index is 1280. The number of benzene rings is 3. The lowest BCUT2D eigenvalue weighted by atomic mass is 9.83. The van der Waals surface area contributed by atoms with Crippen LogP contribution in [0.4, 0.5) is 5.69 Å². The third-order valence-corrected chi connectivity index (χ3v) is 5.14. The van der Waals surface area contributed by atoms with E-state index in [1.165, 1.54) is 13.2 Å². The Morgan fingerprint density at radius 3 is 2.28 bits per heavy atom. The second-order valence-corrected chi connectivity index (χ2v) is 7.26. The number of nitrogens with one attached hydrogen (secondary N) is 1. The number of anilines is 1. The van der Waals surface area contributed by atoms with Crippen molar-refractivity contribution >= 4 is 29.1 Å². The van der Waals surface area contributed by atoms with E-state index in [1.54, 1.807) is 54.6 Å². The number of amides is 1. The quantitative estimate of drug-likeness (QED) is 0.487. The van der Waals surface area contributed by atoms with Crippen LogP contribution in [0.1, 0.15) is 47.8 Å². The second kappa shape index (κ2) is 8.47. The molecule has 0 aromatic heterocycles. The Labute approximate surface area is 184 Å². The molecule has 0 bridgehead atoms. The van der Waals surface area contributed by atoms with E-state index in [-0.39, 0.29) is 39.5 Å². The number of ketones is 2. The molecule has 0 saturated heterocycles. The first-order valence-electron chi connectivity index (χ1n) is 9.83. The molecule has 7 heteroatoms. The van der Waals surface area contributed by atoms with Crippen molar-refractivity contribution in [1.82, 2.24) is 0 Å². The lowest BCUT2D eigenvalue weighted by Gasteiger charge is -2.20. The number of hydrogen-bond acceptors (Lipinski definition) is 6. The number of esters is 1. The molecule has 1 N–H and O–H groups in total. The van der Waals surface area contributed by atoms with E-state index >= 15 is 0 Å². The molecular weight excluding hydrogens is 410 g/mol. The van der Waals surface area contributed by atoms with Crippen molar-refractivity contribution in [2.24, 2.45) is 0 Å². The summed E-state index contributed by atoms with van der Waals surface area (Å²) >= 11 is 0. The van der Waals surface area contributed by atoms with Gasteiger partial charge in [-0.05, 0) is 25.1 Å². The van der Waals surface area contributed by atoms with E-state index in [9.17, 15) is 19.2 Å². The Kier molecular flexibility index (Phi) is 5.55. The first-order valence-corrected chi connectivity index (χ1v) is 9.83. The molecule has 32 heavy (non-hydrogen) atoms. The first kappa shape index (κ1) is 21.0. The topological polar surface area (TPSA) is 98.8 Å². The summed E-state index contributed by atoms with van der Waals surface area (Å²) in [6, 6.07) is 16.2. The Morgan fingerprint density at radius 1 is 0.875 bits per heavy atom. The van der Waals surface area contributed by atoms with Gasteiger partial charge < -0.3 is 14.8 Å². The van der Waals surface area contributed by atoms with Gasteiger partial charge in [-0.2, -0.15) is 0 Å². The van der Waals surface area contributed by atoms with Gasteiger partial charge in [0, 0.05) is 16.7 Å². The van der Waals surface area contributed by atoms with E-state index < -0.39 is 18.5 Å². The van der Waals surface area contributed by atoms with Crippen LogP contribution in [0.2, 0.25) is 0 Å². The number of fused-ring (bicyclic) bond motifs is 2. The van der Waals surface area contributed by atoms with Crippen molar-refractivity contribution in [3.8, 4) is 5.75 Å². The molecule has 1 aliphatic rings. The minimum absolute atomic E-state index is 0.122. The Hall–Kier alpha value is -4.26. The van der Waals surface area contributed by atoms with Crippen molar-refractivity contribution in [2.75, 3.05) is 19.0 Å². The molecule has 4 rings (SSSR count). The SMILES string of the molecule is COc1ccc(C)cc1C(=O)OCC(=O)Nc1cccc2c1C(=O)c1ccccc1C2=O. The number of ether oxygens (including phenoxy) is 2. The van der Waals surface area contributed by atoms with Crippen LogP contribution in [0, 0.1) is 6.92 Å². The molecule has 0 spiro atoms. The van der Waals surface area contributed by atoms with Crippen molar-refractivity contribution in [3.05, 3.63) is 94.0 Å². The van der Waals surface area contributed by atoms with Crippen LogP contribution in [0.15, 0.2) is 60.7 Å². The molecule has 0 radical (unpaired) electrons. The normalized spacial score (nSPS) is 11.9. The molecule has 7 nitrogen and oxygen atoms in total. The van der Waals surface area contributed by atoms with E-state index in [0.717, 1.165) is 5.56 Å². The van der Waals surface area contributed by atoms with E-state index in [4.69, 9.17) is 9.47 Å². The minimum atomic E-state index is -0.712. The molecule has 0 fully saturated rings. The van der Waals surface area contributed by atoms with Gasteiger partial charge in [0.25, 0.3) is 5.91 Å². The largest absolute Gasteiger partial charge is 0.496 e. The lowest BCUT2D eigenvalue weighted by Crippen LogP contribution is -2.26. The third kappa shape index (κ3) is 3.76. The van der Waals surface area contributed by atoms with E-state index in [2.05, 4.69) is 5.32 Å². The molecule has 1 aliphatic carbocycles. The van der Waals surface area contributed by atoms with Crippen LogP contribution in [0.25, 0.3) is 0 Å². The molecule has 0 unspecified atom stereocenters. The average Bonchev–Trinajstić information content (AvgIpc) is 2.81.